The van der Waals surface area contributed by atoms with Crippen molar-refractivity contribution in [1.29, 1.82) is 0 Å². The molecule has 5 nitrogen and oxygen atoms in total. The zero-order valence-corrected chi connectivity index (χ0v) is 10.1. The van der Waals surface area contributed by atoms with E-state index in [1.165, 1.54) is 0 Å². The van der Waals surface area contributed by atoms with E-state index in [4.69, 9.17) is 4.74 Å². The van der Waals surface area contributed by atoms with E-state index in [-0.39, 0.29) is 5.92 Å². The summed E-state index contributed by atoms with van der Waals surface area (Å²) in [6.45, 7) is 5.62. The molecule has 0 radical (unpaired) electrons. The number of carbonyl (C=O) groups excluding carboxylic acids is 1. The van der Waals surface area contributed by atoms with E-state index < -0.39 is 0 Å². The Hall–Kier alpha value is -1.23. The standard InChI is InChI=1S/C11H19N3O2/c1-9(2)11-10(8-15)12-13-14(11)6-4-5-7-16-3/h8-9H,4-7H2,1-3H3. The smallest absolute Gasteiger partial charge is 0.172 e. The minimum absolute atomic E-state index is 0.262. The van der Waals surface area contributed by atoms with Crippen molar-refractivity contribution in [2.45, 2.75) is 39.2 Å². The van der Waals surface area contributed by atoms with Crippen LogP contribution in [0.25, 0.3) is 0 Å². The van der Waals surface area contributed by atoms with Crippen LogP contribution in [0.3, 0.4) is 0 Å². The molecule has 90 valence electrons. The lowest BCUT2D eigenvalue weighted by atomic mass is 10.1. The third kappa shape index (κ3) is 3.13. The number of unbranched alkanes of at least 4 members (excludes halogenated alkanes) is 1. The maximum Gasteiger partial charge on any atom is 0.172 e. The summed E-state index contributed by atoms with van der Waals surface area (Å²) in [5.41, 5.74) is 1.38. The van der Waals surface area contributed by atoms with Crippen molar-refractivity contribution >= 4 is 6.29 Å². The number of hydrogen-bond donors (Lipinski definition) is 0. The molecule has 0 atom stereocenters. The monoisotopic (exact) mass is 225 g/mol. The Balaban J connectivity index is 2.64. The molecule has 0 fully saturated rings. The molecule has 0 N–H and O–H groups in total. The van der Waals surface area contributed by atoms with E-state index in [1.54, 1.807) is 7.11 Å². The van der Waals surface area contributed by atoms with E-state index in [0.29, 0.717) is 5.69 Å². The van der Waals surface area contributed by atoms with Crippen molar-refractivity contribution in [2.75, 3.05) is 13.7 Å². The second-order valence-electron chi connectivity index (χ2n) is 4.06. The van der Waals surface area contributed by atoms with Gasteiger partial charge in [-0.15, -0.1) is 5.10 Å². The van der Waals surface area contributed by atoms with Crippen LogP contribution in [-0.2, 0) is 11.3 Å². The third-order valence-electron chi connectivity index (χ3n) is 2.43. The van der Waals surface area contributed by atoms with Gasteiger partial charge in [-0.1, -0.05) is 19.1 Å². The van der Waals surface area contributed by atoms with Gasteiger partial charge in [-0.3, -0.25) is 4.79 Å². The van der Waals surface area contributed by atoms with Gasteiger partial charge in [0.15, 0.2) is 6.29 Å². The molecule has 0 amide bonds. The summed E-state index contributed by atoms with van der Waals surface area (Å²) in [6, 6.07) is 0. The number of nitrogens with zero attached hydrogens (tertiary/aromatic N) is 3. The van der Waals surface area contributed by atoms with Gasteiger partial charge in [-0.25, -0.2) is 4.68 Å². The van der Waals surface area contributed by atoms with Crippen LogP contribution in [-0.4, -0.2) is 35.0 Å². The van der Waals surface area contributed by atoms with Gasteiger partial charge in [0.05, 0.1) is 5.69 Å². The van der Waals surface area contributed by atoms with E-state index in [2.05, 4.69) is 10.3 Å². The maximum atomic E-state index is 10.8. The van der Waals surface area contributed by atoms with E-state index >= 15 is 0 Å². The molecule has 1 heterocycles. The predicted octanol–water partition coefficient (Wildman–Crippen LogP) is 1.64. The van der Waals surface area contributed by atoms with Gasteiger partial charge in [0.25, 0.3) is 0 Å². The average molecular weight is 225 g/mol. The molecule has 16 heavy (non-hydrogen) atoms. The van der Waals surface area contributed by atoms with Crippen LogP contribution >= 0.6 is 0 Å². The summed E-state index contributed by atoms with van der Waals surface area (Å²) in [4.78, 5) is 10.8. The molecule has 0 aliphatic carbocycles. The Morgan fingerprint density at radius 2 is 2.19 bits per heavy atom. The van der Waals surface area contributed by atoms with Crippen molar-refractivity contribution < 1.29 is 9.53 Å². The van der Waals surface area contributed by atoms with Crippen molar-refractivity contribution in [3.8, 4) is 0 Å². The van der Waals surface area contributed by atoms with Crippen molar-refractivity contribution in [3.05, 3.63) is 11.4 Å². The summed E-state index contributed by atoms with van der Waals surface area (Å²) >= 11 is 0. The van der Waals surface area contributed by atoms with Crippen LogP contribution in [0.5, 0.6) is 0 Å². The molecule has 0 aliphatic heterocycles. The first-order valence-electron chi connectivity index (χ1n) is 5.58. The largest absolute Gasteiger partial charge is 0.385 e. The molecule has 0 saturated carbocycles. The topological polar surface area (TPSA) is 57.0 Å². The Morgan fingerprint density at radius 1 is 1.44 bits per heavy atom. The quantitative estimate of drug-likeness (QED) is 0.523. The predicted molar refractivity (Wildman–Crippen MR) is 60.6 cm³/mol. The summed E-state index contributed by atoms with van der Waals surface area (Å²) in [7, 11) is 1.69. The highest BCUT2D eigenvalue weighted by molar-refractivity contribution is 5.73. The number of hydrogen-bond acceptors (Lipinski definition) is 4. The van der Waals surface area contributed by atoms with E-state index in [1.807, 2.05) is 18.5 Å². The average Bonchev–Trinajstić information content (AvgIpc) is 2.67. The number of carbonyl (C=O) groups is 1. The fraction of sp³-hybridized carbons (Fsp3) is 0.727. The highest BCUT2D eigenvalue weighted by Crippen LogP contribution is 2.16. The SMILES string of the molecule is COCCCCn1nnc(C=O)c1C(C)C. The number of aryl methyl sites for hydroxylation is 1. The van der Waals surface area contributed by atoms with Crippen LogP contribution < -0.4 is 0 Å². The zero-order chi connectivity index (χ0) is 12.0. The van der Waals surface area contributed by atoms with Gasteiger partial charge < -0.3 is 4.74 Å². The highest BCUT2D eigenvalue weighted by Gasteiger charge is 2.14. The number of methoxy groups -OCH3 is 1. The molecular weight excluding hydrogens is 206 g/mol. The second-order valence-corrected chi connectivity index (χ2v) is 4.06. The van der Waals surface area contributed by atoms with Gasteiger partial charge in [-0.05, 0) is 18.8 Å². The minimum Gasteiger partial charge on any atom is -0.385 e. The van der Waals surface area contributed by atoms with Crippen molar-refractivity contribution in [1.82, 2.24) is 15.0 Å². The van der Waals surface area contributed by atoms with Crippen LogP contribution in [0.2, 0.25) is 0 Å². The number of aromatic nitrogens is 3. The Kier molecular flexibility index (Phi) is 5.11. The van der Waals surface area contributed by atoms with Gasteiger partial charge in [0.2, 0.25) is 0 Å². The molecule has 1 rings (SSSR count). The molecular formula is C11H19N3O2. The summed E-state index contributed by atoms with van der Waals surface area (Å²) in [5, 5.41) is 7.87. The lowest BCUT2D eigenvalue weighted by Crippen LogP contribution is -2.08. The summed E-state index contributed by atoms with van der Waals surface area (Å²) in [5.74, 6) is 0.262. The van der Waals surface area contributed by atoms with Gasteiger partial charge >= 0.3 is 0 Å². The first-order chi connectivity index (χ1) is 7.70. The zero-order valence-electron chi connectivity index (χ0n) is 10.1. The summed E-state index contributed by atoms with van der Waals surface area (Å²) in [6.07, 6.45) is 2.74. The Morgan fingerprint density at radius 3 is 2.75 bits per heavy atom. The van der Waals surface area contributed by atoms with Crippen molar-refractivity contribution in [2.24, 2.45) is 0 Å². The molecule has 0 saturated heterocycles. The van der Waals surface area contributed by atoms with Crippen LogP contribution in [0.15, 0.2) is 0 Å². The first-order valence-corrected chi connectivity index (χ1v) is 5.58. The molecule has 0 spiro atoms. The number of aldehydes is 1. The van der Waals surface area contributed by atoms with Crippen LogP contribution in [0, 0.1) is 0 Å². The Bertz CT molecular complexity index is 334. The maximum absolute atomic E-state index is 10.8. The lowest BCUT2D eigenvalue weighted by molar-refractivity contribution is 0.111. The molecule has 5 heteroatoms. The van der Waals surface area contributed by atoms with Gasteiger partial charge in [-0.2, -0.15) is 0 Å². The normalized spacial score (nSPS) is 11.0. The molecule has 0 aromatic carbocycles. The van der Waals surface area contributed by atoms with Gasteiger partial charge in [0.1, 0.15) is 5.69 Å². The molecule has 1 aromatic rings. The minimum atomic E-state index is 0.262. The van der Waals surface area contributed by atoms with Gasteiger partial charge in [0, 0.05) is 20.3 Å². The fourth-order valence-corrected chi connectivity index (χ4v) is 1.68. The summed E-state index contributed by atoms with van der Waals surface area (Å²) < 4.78 is 6.81. The highest BCUT2D eigenvalue weighted by atomic mass is 16.5. The van der Waals surface area contributed by atoms with Crippen LogP contribution in [0.1, 0.15) is 48.8 Å². The van der Waals surface area contributed by atoms with Crippen molar-refractivity contribution in [3.63, 3.8) is 0 Å². The molecule has 0 aliphatic rings. The van der Waals surface area contributed by atoms with Crippen LogP contribution in [0.4, 0.5) is 0 Å². The number of rotatable bonds is 7. The number of ether oxygens (including phenoxy) is 1. The molecule has 1 aromatic heterocycles. The van der Waals surface area contributed by atoms with E-state index in [0.717, 1.165) is 38.0 Å². The second kappa shape index (κ2) is 6.37. The molecule has 0 bridgehead atoms. The fourth-order valence-electron chi connectivity index (χ4n) is 1.68. The van der Waals surface area contributed by atoms with E-state index in [9.17, 15) is 4.79 Å². The molecule has 0 unspecified atom stereocenters. The first kappa shape index (κ1) is 12.8. The Labute approximate surface area is 95.8 Å². The lowest BCUT2D eigenvalue weighted by Gasteiger charge is -2.09. The third-order valence-corrected chi connectivity index (χ3v) is 2.43.